The second kappa shape index (κ2) is 10.6. The van der Waals surface area contributed by atoms with Crippen molar-refractivity contribution in [3.8, 4) is 5.88 Å². The smallest absolute Gasteiger partial charge is 0.326 e. The molecule has 5 N–H and O–H groups in total. The van der Waals surface area contributed by atoms with E-state index in [9.17, 15) is 14.7 Å². The monoisotopic (exact) mass is 523 g/mol. The molecule has 2 aliphatic carbocycles. The molecule has 0 bridgehead atoms. The van der Waals surface area contributed by atoms with Gasteiger partial charge < -0.3 is 25.5 Å². The molecule has 13 nitrogen and oxygen atoms in total. The van der Waals surface area contributed by atoms with Gasteiger partial charge in [0.25, 0.3) is 0 Å². The van der Waals surface area contributed by atoms with Crippen LogP contribution in [0.2, 0.25) is 0 Å². The topological polar surface area (TPSA) is 165 Å². The molecule has 0 radical (unpaired) electrons. The van der Waals surface area contributed by atoms with Crippen molar-refractivity contribution >= 4 is 23.4 Å². The Bertz CT molecular complexity index is 1470. The number of rotatable bonds is 7. The van der Waals surface area contributed by atoms with E-state index in [4.69, 9.17) is 14.7 Å². The van der Waals surface area contributed by atoms with Gasteiger partial charge in [-0.15, -0.1) is 0 Å². The molecule has 38 heavy (non-hydrogen) atoms. The number of aromatic hydroxyl groups is 1. The van der Waals surface area contributed by atoms with E-state index in [1.807, 2.05) is 6.07 Å². The molecule has 13 heteroatoms. The SMILES string of the molecule is O=C(CN1CCOCC1)NC1CCC(Nc2cc(=NC3CC3)n3nc/c(=C/c4[nH]c(=O)[nH]c4O)c3n2)CC1. The molecule has 0 unspecified atom stereocenters. The lowest BCUT2D eigenvalue weighted by Gasteiger charge is -2.31. The Hall–Kier alpha value is -3.71. The number of H-pyrrole nitrogens is 2. The van der Waals surface area contributed by atoms with Crippen molar-refractivity contribution in [1.29, 1.82) is 0 Å². The minimum Gasteiger partial charge on any atom is -0.493 e. The second-order valence-electron chi connectivity index (χ2n) is 10.3. The summed E-state index contributed by atoms with van der Waals surface area (Å²) in [7, 11) is 0. The minimum atomic E-state index is -0.488. The Kier molecular flexibility index (Phi) is 6.85. The van der Waals surface area contributed by atoms with Crippen LogP contribution in [0.5, 0.6) is 5.88 Å². The maximum Gasteiger partial charge on any atom is 0.326 e. The van der Waals surface area contributed by atoms with E-state index in [2.05, 4.69) is 30.6 Å². The number of carbonyl (C=O) groups is 1. The summed E-state index contributed by atoms with van der Waals surface area (Å²) in [6.45, 7) is 3.41. The van der Waals surface area contributed by atoms with Gasteiger partial charge in [0.15, 0.2) is 11.1 Å². The number of anilines is 1. The van der Waals surface area contributed by atoms with E-state index in [-0.39, 0.29) is 29.6 Å². The van der Waals surface area contributed by atoms with Gasteiger partial charge in [-0.3, -0.25) is 19.7 Å². The van der Waals surface area contributed by atoms with Crippen LogP contribution >= 0.6 is 0 Å². The van der Waals surface area contributed by atoms with Crippen LogP contribution in [0, 0.1) is 0 Å². The predicted octanol–water partition coefficient (Wildman–Crippen LogP) is -0.766. The highest BCUT2D eigenvalue weighted by Crippen LogP contribution is 2.23. The molecule has 3 aromatic rings. The van der Waals surface area contributed by atoms with Crippen molar-refractivity contribution in [2.24, 2.45) is 4.99 Å². The summed E-state index contributed by atoms with van der Waals surface area (Å²) in [6.07, 6.45) is 9.05. The maximum absolute atomic E-state index is 12.5. The van der Waals surface area contributed by atoms with Gasteiger partial charge in [-0.25, -0.2) is 9.78 Å². The molecule has 3 aliphatic rings. The van der Waals surface area contributed by atoms with E-state index >= 15 is 0 Å². The lowest BCUT2D eigenvalue weighted by Crippen LogP contribution is -2.47. The van der Waals surface area contributed by atoms with Crippen molar-refractivity contribution in [3.63, 3.8) is 0 Å². The standard InChI is InChI=1S/C25H33N9O4/c35-22(14-33-7-9-38-10-8-33)29-18-5-1-16(2-6-18)27-20-12-21(28-17-3-4-17)34-23(31-20)15(13-26-34)11-19-24(36)32-25(37)30-19/h11-13,16-18,27,36H,1-10,14H2,(H,29,35)(H2,30,32,37)/b15-11-,28-21?. The number of hydrogen-bond acceptors (Lipinski definition) is 9. The van der Waals surface area contributed by atoms with Gasteiger partial charge in [0.1, 0.15) is 11.5 Å². The summed E-state index contributed by atoms with van der Waals surface area (Å²) in [5.41, 5.74) is 1.08. The van der Waals surface area contributed by atoms with E-state index in [0.717, 1.165) is 57.1 Å². The average molecular weight is 524 g/mol. The number of nitrogens with zero attached hydrogens (tertiary/aromatic N) is 5. The highest BCUT2D eigenvalue weighted by molar-refractivity contribution is 5.78. The Morgan fingerprint density at radius 2 is 1.92 bits per heavy atom. The van der Waals surface area contributed by atoms with Gasteiger partial charge in [0.2, 0.25) is 11.8 Å². The molecule has 3 fully saturated rings. The number of fused-ring (bicyclic) bond motifs is 1. The number of imidazole rings is 1. The molecule has 6 rings (SSSR count). The van der Waals surface area contributed by atoms with E-state index in [0.29, 0.717) is 42.5 Å². The number of aromatic nitrogens is 5. The zero-order chi connectivity index (χ0) is 26.1. The average Bonchev–Trinajstić information content (AvgIpc) is 3.54. The third kappa shape index (κ3) is 5.73. The van der Waals surface area contributed by atoms with Crippen molar-refractivity contribution in [2.75, 3.05) is 38.2 Å². The third-order valence-electron chi connectivity index (χ3n) is 7.29. The van der Waals surface area contributed by atoms with Gasteiger partial charge in [0, 0.05) is 36.5 Å². The van der Waals surface area contributed by atoms with E-state index in [1.54, 1.807) is 16.8 Å². The first-order chi connectivity index (χ1) is 18.5. The highest BCUT2D eigenvalue weighted by atomic mass is 16.5. The number of amides is 1. The largest absolute Gasteiger partial charge is 0.493 e. The van der Waals surface area contributed by atoms with Gasteiger partial charge >= 0.3 is 5.69 Å². The third-order valence-corrected chi connectivity index (χ3v) is 7.29. The molecule has 0 spiro atoms. The summed E-state index contributed by atoms with van der Waals surface area (Å²) in [5.74, 6) is 0.556. The first-order valence-electron chi connectivity index (χ1n) is 13.3. The molecule has 0 atom stereocenters. The zero-order valence-electron chi connectivity index (χ0n) is 21.2. The normalized spacial score (nSPS) is 23.7. The quantitative estimate of drug-likeness (QED) is 0.269. The number of nitrogens with one attached hydrogen (secondary N) is 4. The Morgan fingerprint density at radius 1 is 1.16 bits per heavy atom. The lowest BCUT2D eigenvalue weighted by molar-refractivity contribution is -0.124. The fourth-order valence-corrected chi connectivity index (χ4v) is 5.10. The molecule has 2 saturated carbocycles. The fraction of sp³-hybridized carbons (Fsp3) is 0.560. The molecular weight excluding hydrogens is 490 g/mol. The van der Waals surface area contributed by atoms with Crippen molar-refractivity contribution in [1.82, 2.24) is 34.8 Å². The summed E-state index contributed by atoms with van der Waals surface area (Å²) in [5, 5.41) is 21.9. The molecular formula is C25H33N9O4. The van der Waals surface area contributed by atoms with E-state index < -0.39 is 5.69 Å². The van der Waals surface area contributed by atoms with Crippen LogP contribution in [-0.4, -0.2) is 91.5 Å². The molecule has 202 valence electrons. The zero-order valence-corrected chi connectivity index (χ0v) is 21.2. The highest BCUT2D eigenvalue weighted by Gasteiger charge is 2.24. The van der Waals surface area contributed by atoms with Gasteiger partial charge in [0.05, 0.1) is 32.0 Å². The molecule has 1 saturated heterocycles. The number of ether oxygens (including phenoxy) is 1. The van der Waals surface area contributed by atoms with Crippen LogP contribution in [0.4, 0.5) is 5.82 Å². The van der Waals surface area contributed by atoms with Crippen LogP contribution in [-0.2, 0) is 9.53 Å². The van der Waals surface area contributed by atoms with Gasteiger partial charge in [-0.05, 0) is 44.6 Å². The molecule has 4 heterocycles. The van der Waals surface area contributed by atoms with Crippen molar-refractivity contribution in [3.05, 3.63) is 39.1 Å². The van der Waals surface area contributed by atoms with Gasteiger partial charge in [-0.1, -0.05) is 0 Å². The first kappa shape index (κ1) is 24.6. The second-order valence-corrected chi connectivity index (χ2v) is 10.3. The number of carbonyl (C=O) groups excluding carboxylic acids is 1. The lowest BCUT2D eigenvalue weighted by atomic mass is 9.91. The predicted molar refractivity (Wildman–Crippen MR) is 139 cm³/mol. The van der Waals surface area contributed by atoms with Crippen molar-refractivity contribution in [2.45, 2.75) is 56.7 Å². The molecule has 1 amide bonds. The van der Waals surface area contributed by atoms with Crippen molar-refractivity contribution < 1.29 is 14.6 Å². The first-order valence-corrected chi connectivity index (χ1v) is 13.3. The maximum atomic E-state index is 12.5. The number of morpholine rings is 1. The van der Waals surface area contributed by atoms with Crippen LogP contribution in [0.25, 0.3) is 11.7 Å². The summed E-state index contributed by atoms with van der Waals surface area (Å²) in [4.78, 5) is 40.7. The van der Waals surface area contributed by atoms with Crippen LogP contribution < -0.4 is 27.0 Å². The fourth-order valence-electron chi connectivity index (χ4n) is 5.10. The Balaban J connectivity index is 1.15. The summed E-state index contributed by atoms with van der Waals surface area (Å²) >= 11 is 0. The van der Waals surface area contributed by atoms with Gasteiger partial charge in [-0.2, -0.15) is 9.61 Å². The summed E-state index contributed by atoms with van der Waals surface area (Å²) < 4.78 is 7.05. The number of hydrogen-bond donors (Lipinski definition) is 5. The molecule has 0 aromatic carbocycles. The van der Waals surface area contributed by atoms with E-state index in [1.165, 1.54) is 0 Å². The van der Waals surface area contributed by atoms with Crippen LogP contribution in [0.3, 0.4) is 0 Å². The van der Waals surface area contributed by atoms with Crippen LogP contribution in [0.15, 0.2) is 22.1 Å². The molecule has 3 aromatic heterocycles. The summed E-state index contributed by atoms with van der Waals surface area (Å²) in [6, 6.07) is 2.64. The van der Waals surface area contributed by atoms with Crippen LogP contribution in [0.1, 0.15) is 44.2 Å². The minimum absolute atomic E-state index is 0.0843. The Morgan fingerprint density at radius 3 is 2.63 bits per heavy atom. The molecule has 1 aliphatic heterocycles. The Labute approximate surface area is 218 Å². The number of aromatic amines is 2.